The van der Waals surface area contributed by atoms with Gasteiger partial charge in [-0.25, -0.2) is 0 Å². The van der Waals surface area contributed by atoms with Gasteiger partial charge in [0.15, 0.2) is 0 Å². The van der Waals surface area contributed by atoms with E-state index >= 15 is 0 Å². The Morgan fingerprint density at radius 3 is 2.72 bits per heavy atom. The second kappa shape index (κ2) is 8.39. The minimum atomic E-state index is -0.275. The van der Waals surface area contributed by atoms with Crippen molar-refractivity contribution in [2.24, 2.45) is 5.92 Å². The summed E-state index contributed by atoms with van der Waals surface area (Å²) in [6, 6.07) is 11.2. The molecular formula is C22H24N2O4S. The predicted molar refractivity (Wildman–Crippen MR) is 111 cm³/mol. The van der Waals surface area contributed by atoms with Crippen LogP contribution in [-0.4, -0.2) is 53.5 Å². The lowest BCUT2D eigenvalue weighted by Gasteiger charge is -2.34. The fraction of sp³-hybridized carbons (Fsp3) is 0.364. The first-order chi connectivity index (χ1) is 14.1. The fourth-order valence-electron chi connectivity index (χ4n) is 4.06. The Kier molecular flexibility index (Phi) is 5.69. The largest absolute Gasteiger partial charge is 0.496 e. The molecule has 1 saturated heterocycles. The molecule has 2 aliphatic rings. The average Bonchev–Trinajstić information content (AvgIpc) is 3.36. The SMILES string of the molecule is COc1ccccc1CN1C(=O)C(c2cccs2)=C(N2CCCC(CO)C2)C1=O. The Labute approximate surface area is 174 Å². The number of carbonyl (C=O) groups is 2. The first kappa shape index (κ1) is 19.7. The minimum absolute atomic E-state index is 0.0885. The molecule has 1 N–H and O–H groups in total. The number of para-hydroxylation sites is 1. The van der Waals surface area contributed by atoms with Gasteiger partial charge in [0.25, 0.3) is 11.8 Å². The predicted octanol–water partition coefficient (Wildman–Crippen LogP) is 2.74. The summed E-state index contributed by atoms with van der Waals surface area (Å²) in [7, 11) is 1.58. The molecule has 0 saturated carbocycles. The van der Waals surface area contributed by atoms with E-state index in [0.29, 0.717) is 30.1 Å². The highest BCUT2D eigenvalue weighted by Crippen LogP contribution is 2.37. The molecule has 1 fully saturated rings. The third-order valence-electron chi connectivity index (χ3n) is 5.53. The lowest BCUT2D eigenvalue weighted by Crippen LogP contribution is -2.40. The number of hydrogen-bond acceptors (Lipinski definition) is 6. The van der Waals surface area contributed by atoms with Crippen molar-refractivity contribution in [3.05, 3.63) is 57.9 Å². The molecule has 0 spiro atoms. The zero-order valence-electron chi connectivity index (χ0n) is 16.3. The number of rotatable bonds is 6. The number of thiophene rings is 1. The van der Waals surface area contributed by atoms with Crippen molar-refractivity contribution in [3.63, 3.8) is 0 Å². The van der Waals surface area contributed by atoms with E-state index in [0.717, 1.165) is 23.3 Å². The normalized spacial score (nSPS) is 20.0. The summed E-state index contributed by atoms with van der Waals surface area (Å²) in [5.41, 5.74) is 1.72. The van der Waals surface area contributed by atoms with Gasteiger partial charge in [0.2, 0.25) is 0 Å². The lowest BCUT2D eigenvalue weighted by atomic mass is 9.98. The molecule has 0 radical (unpaired) electrons. The van der Waals surface area contributed by atoms with Crippen LogP contribution in [0.5, 0.6) is 5.75 Å². The van der Waals surface area contributed by atoms with E-state index in [4.69, 9.17) is 4.74 Å². The van der Waals surface area contributed by atoms with Crippen molar-refractivity contribution < 1.29 is 19.4 Å². The standard InChI is InChI=1S/C22H24N2O4S/c1-28-17-8-3-2-7-16(17)13-24-21(26)19(18-9-5-11-29-18)20(22(24)27)23-10-4-6-15(12-23)14-25/h2-3,5,7-9,11,15,25H,4,6,10,12-14H2,1H3. The number of ether oxygens (including phenoxy) is 1. The summed E-state index contributed by atoms with van der Waals surface area (Å²) in [6.45, 7) is 1.55. The van der Waals surface area contributed by atoms with Crippen molar-refractivity contribution in [2.75, 3.05) is 26.8 Å². The van der Waals surface area contributed by atoms with E-state index in [1.54, 1.807) is 7.11 Å². The van der Waals surface area contributed by atoms with Crippen LogP contribution in [0, 0.1) is 5.92 Å². The van der Waals surface area contributed by atoms with Gasteiger partial charge < -0.3 is 14.7 Å². The Morgan fingerprint density at radius 2 is 2.00 bits per heavy atom. The first-order valence-electron chi connectivity index (χ1n) is 9.76. The Morgan fingerprint density at radius 1 is 1.17 bits per heavy atom. The third-order valence-corrected chi connectivity index (χ3v) is 6.41. The molecule has 1 atom stereocenters. The van der Waals surface area contributed by atoms with E-state index in [2.05, 4.69) is 0 Å². The number of likely N-dealkylation sites (tertiary alicyclic amines) is 1. The molecule has 1 unspecified atom stereocenters. The van der Waals surface area contributed by atoms with Crippen LogP contribution >= 0.6 is 11.3 Å². The molecule has 4 rings (SSSR count). The number of aliphatic hydroxyl groups is 1. The zero-order chi connectivity index (χ0) is 20.4. The number of amides is 2. The summed E-state index contributed by atoms with van der Waals surface area (Å²) >= 11 is 1.46. The van der Waals surface area contributed by atoms with Crippen LogP contribution in [0.1, 0.15) is 23.3 Å². The van der Waals surface area contributed by atoms with E-state index in [-0.39, 0.29) is 30.9 Å². The summed E-state index contributed by atoms with van der Waals surface area (Å²) in [4.78, 5) is 30.9. The number of aliphatic hydroxyl groups excluding tert-OH is 1. The zero-order valence-corrected chi connectivity index (χ0v) is 17.2. The number of carbonyl (C=O) groups excluding carboxylic acids is 2. The van der Waals surface area contributed by atoms with Gasteiger partial charge in [-0.1, -0.05) is 24.3 Å². The highest BCUT2D eigenvalue weighted by Gasteiger charge is 2.43. The van der Waals surface area contributed by atoms with Gasteiger partial charge in [0, 0.05) is 30.1 Å². The second-order valence-corrected chi connectivity index (χ2v) is 8.29. The van der Waals surface area contributed by atoms with Gasteiger partial charge in [0.05, 0.1) is 19.2 Å². The molecule has 0 aliphatic carbocycles. The van der Waals surface area contributed by atoms with Crippen LogP contribution < -0.4 is 4.74 Å². The van der Waals surface area contributed by atoms with Gasteiger partial charge in [0.1, 0.15) is 11.4 Å². The van der Waals surface area contributed by atoms with Gasteiger partial charge in [-0.15, -0.1) is 11.3 Å². The van der Waals surface area contributed by atoms with Crippen molar-refractivity contribution >= 4 is 28.7 Å². The van der Waals surface area contributed by atoms with Crippen LogP contribution in [0.4, 0.5) is 0 Å². The highest BCUT2D eigenvalue weighted by molar-refractivity contribution is 7.11. The van der Waals surface area contributed by atoms with Crippen molar-refractivity contribution in [1.29, 1.82) is 0 Å². The molecule has 2 aromatic rings. The topological polar surface area (TPSA) is 70.1 Å². The number of imide groups is 1. The maximum atomic E-state index is 13.4. The summed E-state index contributed by atoms with van der Waals surface area (Å²) in [5, 5.41) is 11.5. The van der Waals surface area contributed by atoms with E-state index in [1.807, 2.05) is 46.7 Å². The number of nitrogens with zero attached hydrogens (tertiary/aromatic N) is 2. The van der Waals surface area contributed by atoms with Crippen LogP contribution in [0.2, 0.25) is 0 Å². The Bertz CT molecular complexity index is 938. The number of benzene rings is 1. The van der Waals surface area contributed by atoms with E-state index < -0.39 is 0 Å². The highest BCUT2D eigenvalue weighted by atomic mass is 32.1. The first-order valence-corrected chi connectivity index (χ1v) is 10.6. The van der Waals surface area contributed by atoms with Gasteiger partial charge in [-0.2, -0.15) is 0 Å². The molecule has 1 aromatic heterocycles. The number of hydrogen-bond donors (Lipinski definition) is 1. The van der Waals surface area contributed by atoms with Gasteiger partial charge >= 0.3 is 0 Å². The monoisotopic (exact) mass is 412 g/mol. The van der Waals surface area contributed by atoms with Crippen molar-refractivity contribution in [3.8, 4) is 5.75 Å². The van der Waals surface area contributed by atoms with Crippen molar-refractivity contribution in [2.45, 2.75) is 19.4 Å². The number of piperidine rings is 1. The van der Waals surface area contributed by atoms with Gasteiger partial charge in [-0.05, 0) is 36.3 Å². The van der Waals surface area contributed by atoms with Crippen molar-refractivity contribution in [1.82, 2.24) is 9.80 Å². The Hall–Kier alpha value is -2.64. The molecule has 6 nitrogen and oxygen atoms in total. The van der Waals surface area contributed by atoms with E-state index in [9.17, 15) is 14.7 Å². The maximum absolute atomic E-state index is 13.4. The van der Waals surface area contributed by atoms with Crippen LogP contribution in [0.15, 0.2) is 47.5 Å². The quantitative estimate of drug-likeness (QED) is 0.739. The average molecular weight is 413 g/mol. The molecule has 1 aromatic carbocycles. The van der Waals surface area contributed by atoms with Crippen LogP contribution in [-0.2, 0) is 16.1 Å². The molecule has 2 aliphatic heterocycles. The maximum Gasteiger partial charge on any atom is 0.278 e. The molecular weight excluding hydrogens is 388 g/mol. The van der Waals surface area contributed by atoms with Gasteiger partial charge in [-0.3, -0.25) is 14.5 Å². The van der Waals surface area contributed by atoms with Crippen LogP contribution in [0.25, 0.3) is 5.57 Å². The lowest BCUT2D eigenvalue weighted by molar-refractivity contribution is -0.138. The summed E-state index contributed by atoms with van der Waals surface area (Å²) in [5.74, 6) is 0.219. The molecule has 152 valence electrons. The molecule has 2 amide bonds. The number of methoxy groups -OCH3 is 1. The summed E-state index contributed by atoms with van der Waals surface area (Å²) in [6.07, 6.45) is 1.82. The minimum Gasteiger partial charge on any atom is -0.496 e. The summed E-state index contributed by atoms with van der Waals surface area (Å²) < 4.78 is 5.40. The third kappa shape index (κ3) is 3.68. The molecule has 7 heteroatoms. The Balaban J connectivity index is 1.70. The van der Waals surface area contributed by atoms with Crippen LogP contribution in [0.3, 0.4) is 0 Å². The fourth-order valence-corrected chi connectivity index (χ4v) is 4.83. The second-order valence-electron chi connectivity index (χ2n) is 7.35. The molecule has 29 heavy (non-hydrogen) atoms. The van der Waals surface area contributed by atoms with E-state index in [1.165, 1.54) is 16.2 Å². The molecule has 3 heterocycles. The molecule has 0 bridgehead atoms. The smallest absolute Gasteiger partial charge is 0.278 e.